The maximum Gasteiger partial charge on any atom is 0.418 e. The van der Waals surface area contributed by atoms with Crippen LogP contribution in [0.15, 0.2) is 48.5 Å². The molecular weight excluding hydrogens is 367 g/mol. The second-order valence-corrected chi connectivity index (χ2v) is 6.90. The van der Waals surface area contributed by atoms with Gasteiger partial charge in [-0.25, -0.2) is 0 Å². The SMILES string of the molecule is N#Cc1ccc(C(F)(F)F)c(NCC2CC(=O)N(CCc3ccccc3)C2)c1. The number of nitriles is 1. The van der Waals surface area contributed by atoms with Gasteiger partial charge < -0.3 is 10.2 Å². The Morgan fingerprint density at radius 1 is 1.18 bits per heavy atom. The lowest BCUT2D eigenvalue weighted by Gasteiger charge is -2.18. The summed E-state index contributed by atoms with van der Waals surface area (Å²) in [5.41, 5.74) is 0.362. The smallest absolute Gasteiger partial charge is 0.384 e. The van der Waals surface area contributed by atoms with Crippen LogP contribution < -0.4 is 5.32 Å². The van der Waals surface area contributed by atoms with Gasteiger partial charge in [0, 0.05) is 37.7 Å². The van der Waals surface area contributed by atoms with Crippen LogP contribution >= 0.6 is 0 Å². The van der Waals surface area contributed by atoms with E-state index in [4.69, 9.17) is 5.26 Å². The monoisotopic (exact) mass is 387 g/mol. The number of carbonyl (C=O) groups excluding carboxylic acids is 1. The molecule has 1 atom stereocenters. The van der Waals surface area contributed by atoms with Crippen LogP contribution in [0.25, 0.3) is 0 Å². The van der Waals surface area contributed by atoms with Gasteiger partial charge >= 0.3 is 6.18 Å². The van der Waals surface area contributed by atoms with Crippen LogP contribution in [0.3, 0.4) is 0 Å². The predicted molar refractivity (Wildman–Crippen MR) is 99.5 cm³/mol. The van der Waals surface area contributed by atoms with Crippen LogP contribution in [0.2, 0.25) is 0 Å². The van der Waals surface area contributed by atoms with Crippen LogP contribution in [0, 0.1) is 17.2 Å². The van der Waals surface area contributed by atoms with Gasteiger partial charge in [-0.15, -0.1) is 0 Å². The van der Waals surface area contributed by atoms with E-state index in [2.05, 4.69) is 5.32 Å². The molecule has 2 aromatic rings. The number of alkyl halides is 3. The number of hydrogen-bond donors (Lipinski definition) is 1. The van der Waals surface area contributed by atoms with Crippen molar-refractivity contribution in [2.24, 2.45) is 5.92 Å². The van der Waals surface area contributed by atoms with E-state index in [0.29, 0.717) is 19.5 Å². The zero-order chi connectivity index (χ0) is 20.1. The number of rotatable bonds is 6. The van der Waals surface area contributed by atoms with Gasteiger partial charge in [-0.3, -0.25) is 4.79 Å². The maximum atomic E-state index is 13.2. The fraction of sp³-hybridized carbons (Fsp3) is 0.333. The van der Waals surface area contributed by atoms with Crippen LogP contribution in [-0.4, -0.2) is 30.4 Å². The van der Waals surface area contributed by atoms with Crippen LogP contribution in [0.4, 0.5) is 18.9 Å². The number of halogens is 3. The van der Waals surface area contributed by atoms with Crippen molar-refractivity contribution in [1.82, 2.24) is 4.90 Å². The Morgan fingerprint density at radius 3 is 2.61 bits per heavy atom. The molecule has 1 unspecified atom stereocenters. The van der Waals surface area contributed by atoms with Crippen molar-refractivity contribution in [3.05, 3.63) is 65.2 Å². The number of carbonyl (C=O) groups is 1. The number of amides is 1. The fourth-order valence-corrected chi connectivity index (χ4v) is 3.38. The van der Waals surface area contributed by atoms with Gasteiger partial charge in [0.1, 0.15) is 0 Å². The topological polar surface area (TPSA) is 56.1 Å². The molecule has 1 heterocycles. The highest BCUT2D eigenvalue weighted by Crippen LogP contribution is 2.35. The number of benzene rings is 2. The van der Waals surface area contributed by atoms with Gasteiger partial charge in [0.25, 0.3) is 0 Å². The molecule has 146 valence electrons. The first-order valence-electron chi connectivity index (χ1n) is 9.03. The summed E-state index contributed by atoms with van der Waals surface area (Å²) in [6.45, 7) is 1.35. The molecule has 0 radical (unpaired) electrons. The van der Waals surface area contributed by atoms with Crippen molar-refractivity contribution >= 4 is 11.6 Å². The molecule has 0 aromatic heterocycles. The fourth-order valence-electron chi connectivity index (χ4n) is 3.38. The van der Waals surface area contributed by atoms with Crippen molar-refractivity contribution in [2.45, 2.75) is 19.0 Å². The highest BCUT2D eigenvalue weighted by molar-refractivity contribution is 5.78. The molecule has 0 aliphatic carbocycles. The van der Waals surface area contributed by atoms with Crippen molar-refractivity contribution in [3.8, 4) is 6.07 Å². The quantitative estimate of drug-likeness (QED) is 0.813. The predicted octanol–water partition coefficient (Wildman–Crippen LogP) is 4.08. The van der Waals surface area contributed by atoms with E-state index >= 15 is 0 Å². The standard InChI is InChI=1S/C21H20F3N3O/c22-21(23,24)18-7-6-16(12-25)10-19(18)26-13-17-11-20(28)27(14-17)9-8-15-4-2-1-3-5-15/h1-7,10,17,26H,8-9,11,13-14H2. The summed E-state index contributed by atoms with van der Waals surface area (Å²) in [6.07, 6.45) is -3.46. The van der Waals surface area contributed by atoms with Gasteiger partial charge in [0.05, 0.1) is 17.2 Å². The summed E-state index contributed by atoms with van der Waals surface area (Å²) in [7, 11) is 0. The summed E-state index contributed by atoms with van der Waals surface area (Å²) < 4.78 is 39.6. The number of anilines is 1. The van der Waals surface area contributed by atoms with Crippen LogP contribution in [-0.2, 0) is 17.4 Å². The van der Waals surface area contributed by atoms with Gasteiger partial charge in [-0.1, -0.05) is 30.3 Å². The van der Waals surface area contributed by atoms with Crippen molar-refractivity contribution in [2.75, 3.05) is 25.0 Å². The second kappa shape index (κ2) is 8.34. The third-order valence-electron chi connectivity index (χ3n) is 4.84. The Bertz CT molecular complexity index is 875. The molecule has 28 heavy (non-hydrogen) atoms. The highest BCUT2D eigenvalue weighted by atomic mass is 19.4. The summed E-state index contributed by atoms with van der Waals surface area (Å²) >= 11 is 0. The molecule has 0 saturated carbocycles. The molecule has 1 saturated heterocycles. The average molecular weight is 387 g/mol. The minimum absolute atomic E-state index is 0.0181. The first-order chi connectivity index (χ1) is 13.4. The van der Waals surface area contributed by atoms with Crippen molar-refractivity contribution in [1.29, 1.82) is 5.26 Å². The number of nitrogens with one attached hydrogen (secondary N) is 1. The van der Waals surface area contributed by atoms with Gasteiger partial charge in [-0.05, 0) is 30.2 Å². The molecule has 0 spiro atoms. The van der Waals surface area contributed by atoms with Crippen molar-refractivity contribution in [3.63, 3.8) is 0 Å². The lowest BCUT2D eigenvalue weighted by Crippen LogP contribution is -2.28. The normalized spacial score (nSPS) is 16.9. The second-order valence-electron chi connectivity index (χ2n) is 6.90. The largest absolute Gasteiger partial charge is 0.418 e. The number of hydrogen-bond acceptors (Lipinski definition) is 3. The lowest BCUT2D eigenvalue weighted by molar-refractivity contribution is -0.137. The molecule has 0 bridgehead atoms. The summed E-state index contributed by atoms with van der Waals surface area (Å²) in [5, 5.41) is 11.7. The van der Waals surface area contributed by atoms with Gasteiger partial charge in [-0.2, -0.15) is 18.4 Å². The lowest BCUT2D eigenvalue weighted by atomic mass is 10.1. The molecule has 3 rings (SSSR count). The number of nitrogens with zero attached hydrogens (tertiary/aromatic N) is 2. The minimum atomic E-state index is -4.51. The molecule has 1 aliphatic rings. The van der Waals surface area contributed by atoms with E-state index in [1.165, 1.54) is 6.07 Å². The zero-order valence-electron chi connectivity index (χ0n) is 15.2. The zero-order valence-corrected chi connectivity index (χ0v) is 15.2. The average Bonchev–Trinajstić information content (AvgIpc) is 3.04. The number of likely N-dealkylation sites (tertiary alicyclic amines) is 1. The first kappa shape index (κ1) is 19.7. The Kier molecular flexibility index (Phi) is 5.88. The van der Waals surface area contributed by atoms with E-state index in [9.17, 15) is 18.0 Å². The highest BCUT2D eigenvalue weighted by Gasteiger charge is 2.34. The Labute approximate surface area is 161 Å². The third kappa shape index (κ3) is 4.83. The summed E-state index contributed by atoms with van der Waals surface area (Å²) in [4.78, 5) is 14.0. The molecule has 1 N–H and O–H groups in total. The molecular formula is C21H20F3N3O. The third-order valence-corrected chi connectivity index (χ3v) is 4.84. The molecule has 1 amide bonds. The minimum Gasteiger partial charge on any atom is -0.384 e. The summed E-state index contributed by atoms with van der Waals surface area (Å²) in [5.74, 6) is -0.0559. The Morgan fingerprint density at radius 2 is 1.93 bits per heavy atom. The molecule has 7 heteroatoms. The Hall–Kier alpha value is -3.01. The molecule has 1 fully saturated rings. The van der Waals surface area contributed by atoms with Crippen molar-refractivity contribution < 1.29 is 18.0 Å². The van der Waals surface area contributed by atoms with Crippen LogP contribution in [0.1, 0.15) is 23.1 Å². The van der Waals surface area contributed by atoms with E-state index in [1.807, 2.05) is 36.4 Å². The molecule has 4 nitrogen and oxygen atoms in total. The molecule has 2 aromatic carbocycles. The van der Waals surface area contributed by atoms with E-state index < -0.39 is 11.7 Å². The van der Waals surface area contributed by atoms with Crippen LogP contribution in [0.5, 0.6) is 0 Å². The van der Waals surface area contributed by atoms with E-state index in [0.717, 1.165) is 24.1 Å². The molecule has 1 aliphatic heterocycles. The maximum absolute atomic E-state index is 13.2. The summed E-state index contributed by atoms with van der Waals surface area (Å²) in [6, 6.07) is 14.9. The van der Waals surface area contributed by atoms with E-state index in [1.54, 1.807) is 4.90 Å². The Balaban J connectivity index is 1.60. The van der Waals surface area contributed by atoms with E-state index in [-0.39, 0.29) is 29.6 Å². The van der Waals surface area contributed by atoms with Gasteiger partial charge in [0.2, 0.25) is 5.91 Å². The first-order valence-corrected chi connectivity index (χ1v) is 9.03. The van der Waals surface area contributed by atoms with Gasteiger partial charge in [0.15, 0.2) is 0 Å².